The molecule has 0 aliphatic carbocycles. The number of nitrogens with zero attached hydrogens (tertiary/aromatic N) is 2. The number of carbonyl (C=O) groups is 1. The summed E-state index contributed by atoms with van der Waals surface area (Å²) in [5, 5.41) is 0.687. The molecule has 2 heterocycles. The van der Waals surface area contributed by atoms with E-state index in [-0.39, 0.29) is 5.97 Å². The Labute approximate surface area is 192 Å². The maximum Gasteiger partial charge on any atom is 0.342 e. The number of para-hydroxylation sites is 1. The lowest BCUT2D eigenvalue weighted by Gasteiger charge is -2.08. The van der Waals surface area contributed by atoms with Crippen molar-refractivity contribution in [1.82, 2.24) is 4.98 Å². The summed E-state index contributed by atoms with van der Waals surface area (Å²) in [5.41, 5.74) is 1.14. The Morgan fingerprint density at radius 3 is 2.55 bits per heavy atom. The largest absolute Gasteiger partial charge is 0.478 e. The minimum atomic E-state index is -0.507. The number of benzene rings is 1. The maximum atomic E-state index is 12.4. The van der Waals surface area contributed by atoms with Gasteiger partial charge in [0.1, 0.15) is 0 Å². The predicted octanol–water partition coefficient (Wildman–Crippen LogP) is 5.85. The second kappa shape index (κ2) is 12.2. The van der Waals surface area contributed by atoms with Crippen LogP contribution in [0.4, 0.5) is 5.69 Å². The van der Waals surface area contributed by atoms with E-state index in [1.54, 1.807) is 36.4 Å². The minimum absolute atomic E-state index is 0.338. The van der Waals surface area contributed by atoms with Crippen LogP contribution in [0, 0.1) is 6.57 Å². The van der Waals surface area contributed by atoms with E-state index in [1.165, 1.54) is 12.3 Å². The summed E-state index contributed by atoms with van der Waals surface area (Å²) in [5.74, 6) is 0.0887. The van der Waals surface area contributed by atoms with Gasteiger partial charge in [-0.25, -0.2) is 19.4 Å². The number of ether oxygens (including phenoxy) is 2. The summed E-state index contributed by atoms with van der Waals surface area (Å²) >= 11 is 0. The molecule has 7 nitrogen and oxygen atoms in total. The number of pyridine rings is 1. The highest BCUT2D eigenvalue weighted by Gasteiger charge is 2.12. The van der Waals surface area contributed by atoms with Gasteiger partial charge >= 0.3 is 11.6 Å². The molecular formula is C26H26N2O5. The summed E-state index contributed by atoms with van der Waals surface area (Å²) in [6.07, 6.45) is 8.62. The standard InChI is InChI=1S/C26H26N2O5/c1-3-25(29)32-15-11-7-5-4-6-10-14-31-24-17-19-16-21(26(30)33-23(19)18-28-24)20-12-8-9-13-22(20)27-2/h3,8-9,12-13,16-18H,1,4-7,10-11,14-15H2. The molecule has 0 amide bonds. The summed E-state index contributed by atoms with van der Waals surface area (Å²) in [4.78, 5) is 31.1. The molecule has 2 aromatic heterocycles. The van der Waals surface area contributed by atoms with E-state index in [2.05, 4.69) is 16.4 Å². The first kappa shape index (κ1) is 23.7. The Kier molecular flexibility index (Phi) is 8.78. The third-order valence-corrected chi connectivity index (χ3v) is 5.11. The Balaban J connectivity index is 1.49. The first-order valence-corrected chi connectivity index (χ1v) is 10.9. The van der Waals surface area contributed by atoms with E-state index in [0.29, 0.717) is 46.9 Å². The molecule has 0 aliphatic rings. The summed E-state index contributed by atoms with van der Waals surface area (Å²) in [6.45, 7) is 11.7. The predicted molar refractivity (Wildman–Crippen MR) is 126 cm³/mol. The zero-order chi connectivity index (χ0) is 23.5. The lowest BCUT2D eigenvalue weighted by molar-refractivity contribution is -0.137. The van der Waals surface area contributed by atoms with Gasteiger partial charge in [-0.1, -0.05) is 56.5 Å². The first-order chi connectivity index (χ1) is 16.1. The molecule has 0 atom stereocenters. The number of aromatic nitrogens is 1. The molecule has 3 rings (SSSR count). The van der Waals surface area contributed by atoms with Crippen LogP contribution in [-0.2, 0) is 9.53 Å². The lowest BCUT2D eigenvalue weighted by atomic mass is 10.0. The van der Waals surface area contributed by atoms with Crippen LogP contribution < -0.4 is 10.4 Å². The molecule has 0 bridgehead atoms. The Hall–Kier alpha value is -3.92. The van der Waals surface area contributed by atoms with Crippen LogP contribution >= 0.6 is 0 Å². The topological polar surface area (TPSA) is 83.0 Å². The Morgan fingerprint density at radius 2 is 1.79 bits per heavy atom. The van der Waals surface area contributed by atoms with E-state index < -0.39 is 5.63 Å². The van der Waals surface area contributed by atoms with Crippen molar-refractivity contribution in [2.75, 3.05) is 13.2 Å². The van der Waals surface area contributed by atoms with Crippen molar-refractivity contribution in [2.45, 2.75) is 38.5 Å². The van der Waals surface area contributed by atoms with Gasteiger partial charge in [0.15, 0.2) is 11.3 Å². The molecule has 0 unspecified atom stereocenters. The third-order valence-electron chi connectivity index (χ3n) is 5.11. The fourth-order valence-corrected chi connectivity index (χ4v) is 3.39. The molecule has 3 aromatic rings. The number of carbonyl (C=O) groups excluding carboxylic acids is 1. The zero-order valence-electron chi connectivity index (χ0n) is 18.4. The van der Waals surface area contributed by atoms with Gasteiger partial charge in [-0.15, -0.1) is 0 Å². The van der Waals surface area contributed by atoms with Crippen LogP contribution in [-0.4, -0.2) is 24.2 Å². The quantitative estimate of drug-likeness (QED) is 0.150. The number of fused-ring (bicyclic) bond motifs is 1. The number of esters is 1. The molecule has 0 radical (unpaired) electrons. The van der Waals surface area contributed by atoms with Gasteiger partial charge in [-0.2, -0.15) is 0 Å². The highest BCUT2D eigenvalue weighted by atomic mass is 16.5. The van der Waals surface area contributed by atoms with Gasteiger partial charge in [0.2, 0.25) is 5.88 Å². The van der Waals surface area contributed by atoms with Gasteiger partial charge in [0, 0.05) is 17.5 Å². The molecule has 1 aromatic carbocycles. The molecule has 0 N–H and O–H groups in total. The SMILES string of the molecule is [C-]#[N+]c1ccccc1-c1cc2cc(OCCCCCCCCOC(=O)C=C)ncc2oc1=O. The summed E-state index contributed by atoms with van der Waals surface area (Å²) < 4.78 is 16.1. The van der Waals surface area contributed by atoms with Crippen LogP contribution in [0.25, 0.3) is 26.9 Å². The number of hydrogen-bond acceptors (Lipinski definition) is 6. The van der Waals surface area contributed by atoms with Crippen LogP contribution in [0.15, 0.2) is 64.5 Å². The molecule has 170 valence electrons. The zero-order valence-corrected chi connectivity index (χ0v) is 18.4. The highest BCUT2D eigenvalue weighted by Crippen LogP contribution is 2.30. The van der Waals surface area contributed by atoms with Gasteiger partial charge < -0.3 is 13.9 Å². The van der Waals surface area contributed by atoms with E-state index >= 15 is 0 Å². The van der Waals surface area contributed by atoms with Crippen molar-refractivity contribution in [3.8, 4) is 17.0 Å². The third kappa shape index (κ3) is 6.78. The van der Waals surface area contributed by atoms with Crippen molar-refractivity contribution < 1.29 is 18.7 Å². The normalized spacial score (nSPS) is 10.5. The molecule has 0 aliphatic heterocycles. The van der Waals surface area contributed by atoms with Crippen molar-refractivity contribution in [2.24, 2.45) is 0 Å². The van der Waals surface area contributed by atoms with Crippen LogP contribution in [0.3, 0.4) is 0 Å². The fourth-order valence-electron chi connectivity index (χ4n) is 3.39. The maximum absolute atomic E-state index is 12.4. The van der Waals surface area contributed by atoms with Crippen molar-refractivity contribution in [1.29, 1.82) is 0 Å². The average Bonchev–Trinajstić information content (AvgIpc) is 2.84. The summed E-state index contributed by atoms with van der Waals surface area (Å²) in [7, 11) is 0. The molecule has 0 spiro atoms. The molecule has 0 saturated carbocycles. The van der Waals surface area contributed by atoms with Crippen molar-refractivity contribution >= 4 is 22.6 Å². The Morgan fingerprint density at radius 1 is 1.06 bits per heavy atom. The monoisotopic (exact) mass is 446 g/mol. The fraction of sp³-hybridized carbons (Fsp3) is 0.308. The van der Waals surface area contributed by atoms with Crippen LogP contribution in [0.5, 0.6) is 5.88 Å². The van der Waals surface area contributed by atoms with Gasteiger partial charge in [0.05, 0.1) is 31.5 Å². The van der Waals surface area contributed by atoms with E-state index in [4.69, 9.17) is 20.5 Å². The second-order valence-electron chi connectivity index (χ2n) is 7.48. The first-order valence-electron chi connectivity index (χ1n) is 10.9. The number of hydrogen-bond donors (Lipinski definition) is 0. The van der Waals surface area contributed by atoms with Crippen LogP contribution in [0.2, 0.25) is 0 Å². The molecule has 0 fully saturated rings. The van der Waals surface area contributed by atoms with Crippen molar-refractivity contribution in [3.63, 3.8) is 0 Å². The van der Waals surface area contributed by atoms with Gasteiger partial charge in [0.25, 0.3) is 0 Å². The van der Waals surface area contributed by atoms with E-state index in [9.17, 15) is 9.59 Å². The molecule has 33 heavy (non-hydrogen) atoms. The van der Waals surface area contributed by atoms with E-state index in [1.807, 2.05) is 0 Å². The minimum Gasteiger partial charge on any atom is -0.478 e. The number of rotatable bonds is 12. The van der Waals surface area contributed by atoms with E-state index in [0.717, 1.165) is 38.5 Å². The number of unbranched alkanes of at least 4 members (excludes halogenated alkanes) is 5. The second-order valence-corrected chi connectivity index (χ2v) is 7.48. The van der Waals surface area contributed by atoms with Crippen molar-refractivity contribution in [3.05, 3.63) is 77.1 Å². The average molecular weight is 447 g/mol. The Bertz CT molecular complexity index is 1210. The molecular weight excluding hydrogens is 420 g/mol. The molecule has 0 saturated heterocycles. The van der Waals surface area contributed by atoms with Gasteiger partial charge in [-0.05, 0) is 24.5 Å². The lowest BCUT2D eigenvalue weighted by Crippen LogP contribution is -2.04. The van der Waals surface area contributed by atoms with Crippen LogP contribution in [0.1, 0.15) is 38.5 Å². The van der Waals surface area contributed by atoms with Gasteiger partial charge in [-0.3, -0.25) is 0 Å². The highest BCUT2D eigenvalue weighted by molar-refractivity contribution is 5.85. The smallest absolute Gasteiger partial charge is 0.342 e. The summed E-state index contributed by atoms with van der Waals surface area (Å²) in [6, 6.07) is 10.4. The molecule has 7 heteroatoms.